The third-order valence-corrected chi connectivity index (χ3v) is 4.94. The zero-order chi connectivity index (χ0) is 14.8. The Balaban J connectivity index is 2.28. The molecule has 0 spiro atoms. The van der Waals surface area contributed by atoms with Gasteiger partial charge in [0.15, 0.2) is 0 Å². The molecule has 1 aromatic carbocycles. The first-order chi connectivity index (χ1) is 9.54. The second-order valence-corrected chi connectivity index (χ2v) is 5.96. The molecule has 1 aliphatic rings. The lowest BCUT2D eigenvalue weighted by Gasteiger charge is -2.43. The monoisotopic (exact) mass is 283 g/mol. The summed E-state index contributed by atoms with van der Waals surface area (Å²) in [5, 5.41) is 10.6. The fraction of sp³-hybridized carbons (Fsp3) is 0.625. The molecule has 3 N–H and O–H groups in total. The predicted octanol–water partition coefficient (Wildman–Crippen LogP) is 3.54. The highest BCUT2D eigenvalue weighted by Crippen LogP contribution is 2.48. The molecule has 0 bridgehead atoms. The molecule has 1 aliphatic carbocycles. The molecular weight excluding hydrogens is 260 g/mol. The molecule has 112 valence electrons. The number of benzene rings is 1. The number of halogens is 2. The van der Waals surface area contributed by atoms with Gasteiger partial charge in [-0.25, -0.2) is 8.78 Å². The maximum Gasteiger partial charge on any atom is 0.131 e. The Morgan fingerprint density at radius 2 is 1.85 bits per heavy atom. The largest absolute Gasteiger partial charge is 0.388 e. The van der Waals surface area contributed by atoms with Crippen LogP contribution in [0.3, 0.4) is 0 Å². The van der Waals surface area contributed by atoms with Gasteiger partial charge in [-0.15, -0.1) is 0 Å². The van der Waals surface area contributed by atoms with E-state index in [4.69, 9.17) is 5.73 Å². The minimum atomic E-state index is -1.17. The molecule has 2 rings (SSSR count). The molecule has 1 aromatic rings. The lowest BCUT2D eigenvalue weighted by molar-refractivity contribution is -0.0145. The van der Waals surface area contributed by atoms with Crippen LogP contribution in [0.4, 0.5) is 8.78 Å². The summed E-state index contributed by atoms with van der Waals surface area (Å²) < 4.78 is 27.7. The van der Waals surface area contributed by atoms with Crippen molar-refractivity contribution in [2.45, 2.75) is 45.1 Å². The lowest BCUT2D eigenvalue weighted by atomic mass is 9.65. The zero-order valence-electron chi connectivity index (χ0n) is 11.9. The van der Waals surface area contributed by atoms with Gasteiger partial charge >= 0.3 is 0 Å². The van der Waals surface area contributed by atoms with E-state index >= 15 is 0 Å². The minimum absolute atomic E-state index is 0.229. The molecule has 0 saturated heterocycles. The Kier molecular flexibility index (Phi) is 4.76. The van der Waals surface area contributed by atoms with Gasteiger partial charge in [0.2, 0.25) is 0 Å². The van der Waals surface area contributed by atoms with Crippen LogP contribution in [0.25, 0.3) is 0 Å². The normalized spacial score (nSPS) is 28.4. The van der Waals surface area contributed by atoms with Crippen molar-refractivity contribution in [2.24, 2.45) is 17.1 Å². The van der Waals surface area contributed by atoms with Crippen LogP contribution < -0.4 is 5.73 Å². The van der Waals surface area contributed by atoms with Crippen molar-refractivity contribution in [1.29, 1.82) is 0 Å². The average molecular weight is 283 g/mol. The van der Waals surface area contributed by atoms with Gasteiger partial charge in [-0.05, 0) is 43.7 Å². The highest BCUT2D eigenvalue weighted by molar-refractivity contribution is 5.24. The van der Waals surface area contributed by atoms with Crippen molar-refractivity contribution >= 4 is 0 Å². The molecule has 20 heavy (non-hydrogen) atoms. The summed E-state index contributed by atoms with van der Waals surface area (Å²) in [7, 11) is 0. The molecule has 2 nitrogen and oxygen atoms in total. The number of aliphatic hydroxyl groups excluding tert-OH is 1. The maximum absolute atomic E-state index is 13.9. The van der Waals surface area contributed by atoms with Gasteiger partial charge in [-0.2, -0.15) is 0 Å². The number of aliphatic hydroxyl groups is 1. The fourth-order valence-electron chi connectivity index (χ4n) is 3.33. The van der Waals surface area contributed by atoms with Crippen molar-refractivity contribution in [3.8, 4) is 0 Å². The van der Waals surface area contributed by atoms with E-state index in [1.54, 1.807) is 0 Å². The van der Waals surface area contributed by atoms with E-state index in [0.29, 0.717) is 5.92 Å². The van der Waals surface area contributed by atoms with E-state index in [1.165, 1.54) is 18.2 Å². The van der Waals surface area contributed by atoms with Gasteiger partial charge in [0.05, 0.1) is 11.7 Å². The summed E-state index contributed by atoms with van der Waals surface area (Å²) in [4.78, 5) is 0. The molecule has 1 atom stereocenters. The third-order valence-electron chi connectivity index (χ3n) is 4.94. The summed E-state index contributed by atoms with van der Waals surface area (Å²) in [5.41, 5.74) is 5.03. The van der Waals surface area contributed by atoms with Gasteiger partial charge in [0, 0.05) is 12.0 Å². The first kappa shape index (κ1) is 15.4. The molecule has 0 amide bonds. The van der Waals surface area contributed by atoms with Gasteiger partial charge < -0.3 is 10.8 Å². The quantitative estimate of drug-likeness (QED) is 0.887. The molecule has 1 unspecified atom stereocenters. The Hall–Kier alpha value is -1.00. The topological polar surface area (TPSA) is 46.2 Å². The van der Waals surface area contributed by atoms with Gasteiger partial charge in [0.1, 0.15) is 11.6 Å². The average Bonchev–Trinajstić information content (AvgIpc) is 2.47. The van der Waals surface area contributed by atoms with Crippen LogP contribution in [0.15, 0.2) is 18.2 Å². The molecule has 1 saturated carbocycles. The number of hydrogen-bond donors (Lipinski definition) is 2. The number of rotatable bonds is 4. The smallest absolute Gasteiger partial charge is 0.131 e. The Labute approximate surface area is 119 Å². The Bertz CT molecular complexity index is 436. The van der Waals surface area contributed by atoms with E-state index in [2.05, 4.69) is 6.92 Å². The predicted molar refractivity (Wildman–Crippen MR) is 75.1 cm³/mol. The zero-order valence-corrected chi connectivity index (χ0v) is 11.9. The molecule has 0 aliphatic heterocycles. The second-order valence-electron chi connectivity index (χ2n) is 5.96. The third kappa shape index (κ3) is 2.72. The van der Waals surface area contributed by atoms with Crippen LogP contribution in [0.2, 0.25) is 0 Å². The first-order valence-electron chi connectivity index (χ1n) is 7.36. The van der Waals surface area contributed by atoms with Crippen LogP contribution in [-0.4, -0.2) is 11.7 Å². The molecule has 0 heterocycles. The standard InChI is InChI=1S/C16H23F2NO/c1-2-11-6-8-16(10-19,9-7-11)15(20)14-12(17)4-3-5-13(14)18/h3-5,11,15,20H,2,6-10,19H2,1H3. The molecule has 0 aromatic heterocycles. The van der Waals surface area contributed by atoms with Crippen molar-refractivity contribution in [2.75, 3.05) is 6.54 Å². The molecular formula is C16H23F2NO. The SMILES string of the molecule is CCC1CCC(CN)(C(O)c2c(F)cccc2F)CC1. The first-order valence-corrected chi connectivity index (χ1v) is 7.36. The molecule has 1 fully saturated rings. The van der Waals surface area contributed by atoms with Crippen LogP contribution in [0.1, 0.15) is 50.7 Å². The van der Waals surface area contributed by atoms with Crippen LogP contribution >= 0.6 is 0 Å². The van der Waals surface area contributed by atoms with Gasteiger partial charge in [-0.3, -0.25) is 0 Å². The van der Waals surface area contributed by atoms with E-state index in [0.717, 1.165) is 32.1 Å². The summed E-state index contributed by atoms with van der Waals surface area (Å²) >= 11 is 0. The van der Waals surface area contributed by atoms with Crippen LogP contribution in [0.5, 0.6) is 0 Å². The molecule has 4 heteroatoms. The van der Waals surface area contributed by atoms with Crippen molar-refractivity contribution < 1.29 is 13.9 Å². The van der Waals surface area contributed by atoms with Crippen molar-refractivity contribution in [1.82, 2.24) is 0 Å². The van der Waals surface area contributed by atoms with Crippen molar-refractivity contribution in [3.63, 3.8) is 0 Å². The summed E-state index contributed by atoms with van der Waals surface area (Å²) in [6, 6.07) is 3.68. The number of hydrogen-bond acceptors (Lipinski definition) is 2. The Morgan fingerprint density at radius 3 is 2.30 bits per heavy atom. The second kappa shape index (κ2) is 6.19. The van der Waals surface area contributed by atoms with Gasteiger partial charge in [-0.1, -0.05) is 19.4 Å². The van der Waals surface area contributed by atoms with Crippen LogP contribution in [-0.2, 0) is 0 Å². The molecule has 0 radical (unpaired) electrons. The van der Waals surface area contributed by atoms with E-state index in [9.17, 15) is 13.9 Å². The van der Waals surface area contributed by atoms with E-state index < -0.39 is 23.2 Å². The highest BCUT2D eigenvalue weighted by atomic mass is 19.1. The maximum atomic E-state index is 13.9. The Morgan fingerprint density at radius 1 is 1.30 bits per heavy atom. The summed E-state index contributed by atoms with van der Waals surface area (Å²) in [5.74, 6) is -0.752. The number of nitrogens with two attached hydrogens (primary N) is 1. The highest BCUT2D eigenvalue weighted by Gasteiger charge is 2.42. The van der Waals surface area contributed by atoms with Gasteiger partial charge in [0.25, 0.3) is 0 Å². The van der Waals surface area contributed by atoms with E-state index in [-0.39, 0.29) is 12.1 Å². The fourth-order valence-corrected chi connectivity index (χ4v) is 3.33. The minimum Gasteiger partial charge on any atom is -0.388 e. The van der Waals surface area contributed by atoms with Crippen LogP contribution in [0, 0.1) is 23.0 Å². The summed E-state index contributed by atoms with van der Waals surface area (Å²) in [6.45, 7) is 2.39. The summed E-state index contributed by atoms with van der Waals surface area (Å²) in [6.07, 6.45) is 3.28. The van der Waals surface area contributed by atoms with Crippen molar-refractivity contribution in [3.05, 3.63) is 35.4 Å². The van der Waals surface area contributed by atoms with E-state index in [1.807, 2.05) is 0 Å². The lowest BCUT2D eigenvalue weighted by Crippen LogP contribution is -2.40.